The molecule has 0 aliphatic rings. The molecular weight excluding hydrogens is 378 g/mol. The number of carbonyl (C=O) groups excluding carboxylic acids is 1. The van der Waals surface area contributed by atoms with Crippen molar-refractivity contribution in [1.29, 1.82) is 0 Å². The van der Waals surface area contributed by atoms with E-state index in [0.717, 1.165) is 12.0 Å². The van der Waals surface area contributed by atoms with Crippen LogP contribution in [0.2, 0.25) is 0 Å². The van der Waals surface area contributed by atoms with E-state index in [1.807, 2.05) is 19.9 Å². The number of hydrogen-bond acceptors (Lipinski definition) is 5. The van der Waals surface area contributed by atoms with Gasteiger partial charge in [-0.1, -0.05) is 19.1 Å². The summed E-state index contributed by atoms with van der Waals surface area (Å²) >= 11 is 1.27. The zero-order valence-corrected chi connectivity index (χ0v) is 16.9. The molecule has 148 valence electrons. The molecule has 2 aromatic heterocycles. The van der Waals surface area contributed by atoms with Crippen LogP contribution in [0.5, 0.6) is 5.75 Å². The van der Waals surface area contributed by atoms with Crippen molar-refractivity contribution in [3.63, 3.8) is 0 Å². The summed E-state index contributed by atoms with van der Waals surface area (Å²) < 4.78 is 8.21. The van der Waals surface area contributed by atoms with Gasteiger partial charge in [-0.2, -0.15) is 0 Å². The minimum atomic E-state index is -0.502. The Kier molecular flexibility index (Phi) is 5.99. The summed E-state index contributed by atoms with van der Waals surface area (Å²) in [4.78, 5) is 38.3. The number of ether oxygens (including phenoxy) is 1. The predicted octanol–water partition coefficient (Wildman–Crippen LogP) is 2.20. The van der Waals surface area contributed by atoms with Gasteiger partial charge in [-0.15, -0.1) is 11.3 Å². The predicted molar refractivity (Wildman–Crippen MR) is 110 cm³/mol. The number of aromatic nitrogens is 2. The van der Waals surface area contributed by atoms with Gasteiger partial charge in [0.25, 0.3) is 5.56 Å². The standard InChI is InChI=1S/C20H23N3O4S/c1-4-13(2)21-17(24)12-22-16-8-9-28-18(16)19(25)23(20(22)26)11-14-6-5-7-15(10-14)27-3/h5-10,13H,4,11-12H2,1-3H3,(H,21,24). The fourth-order valence-corrected chi connectivity index (χ4v) is 3.79. The molecule has 0 aliphatic carbocycles. The highest BCUT2D eigenvalue weighted by Gasteiger charge is 2.17. The second-order valence-corrected chi connectivity index (χ2v) is 7.54. The van der Waals surface area contributed by atoms with Gasteiger partial charge in [-0.25, -0.2) is 4.79 Å². The molecule has 1 N–H and O–H groups in total. The van der Waals surface area contributed by atoms with E-state index < -0.39 is 5.69 Å². The molecule has 0 spiro atoms. The summed E-state index contributed by atoms with van der Waals surface area (Å²) in [5, 5.41) is 4.62. The summed E-state index contributed by atoms with van der Waals surface area (Å²) in [6, 6.07) is 8.93. The molecule has 28 heavy (non-hydrogen) atoms. The van der Waals surface area contributed by atoms with E-state index in [9.17, 15) is 14.4 Å². The Hall–Kier alpha value is -2.87. The minimum Gasteiger partial charge on any atom is -0.497 e. The molecule has 3 rings (SSSR count). The molecular formula is C20H23N3O4S. The van der Waals surface area contributed by atoms with Crippen molar-refractivity contribution in [3.8, 4) is 5.75 Å². The Balaban J connectivity index is 2.05. The van der Waals surface area contributed by atoms with Gasteiger partial charge in [0, 0.05) is 6.04 Å². The zero-order chi connectivity index (χ0) is 20.3. The third-order valence-electron chi connectivity index (χ3n) is 4.63. The van der Waals surface area contributed by atoms with Crippen LogP contribution >= 0.6 is 11.3 Å². The molecule has 1 amide bonds. The van der Waals surface area contributed by atoms with E-state index >= 15 is 0 Å². The topological polar surface area (TPSA) is 82.3 Å². The van der Waals surface area contributed by atoms with Gasteiger partial charge in [-0.05, 0) is 42.5 Å². The van der Waals surface area contributed by atoms with Crippen LogP contribution in [0, 0.1) is 0 Å². The molecule has 3 aromatic rings. The molecule has 1 unspecified atom stereocenters. The molecule has 0 saturated heterocycles. The van der Waals surface area contributed by atoms with Gasteiger partial charge in [0.15, 0.2) is 0 Å². The first-order chi connectivity index (χ1) is 13.4. The van der Waals surface area contributed by atoms with Crippen LogP contribution in [0.4, 0.5) is 0 Å². The number of fused-ring (bicyclic) bond motifs is 1. The average molecular weight is 401 g/mol. The van der Waals surface area contributed by atoms with Crippen molar-refractivity contribution < 1.29 is 9.53 Å². The van der Waals surface area contributed by atoms with Crippen molar-refractivity contribution in [1.82, 2.24) is 14.5 Å². The average Bonchev–Trinajstić information content (AvgIpc) is 3.18. The van der Waals surface area contributed by atoms with Crippen LogP contribution in [0.3, 0.4) is 0 Å². The highest BCUT2D eigenvalue weighted by Crippen LogP contribution is 2.16. The van der Waals surface area contributed by atoms with Gasteiger partial charge in [-0.3, -0.25) is 18.7 Å². The summed E-state index contributed by atoms with van der Waals surface area (Å²) in [7, 11) is 1.56. The fraction of sp³-hybridized carbons (Fsp3) is 0.350. The van der Waals surface area contributed by atoms with E-state index in [1.165, 1.54) is 20.5 Å². The number of benzene rings is 1. The largest absolute Gasteiger partial charge is 0.497 e. The lowest BCUT2D eigenvalue weighted by Gasteiger charge is -2.15. The Morgan fingerprint density at radius 3 is 2.75 bits per heavy atom. The number of thiophene rings is 1. The van der Waals surface area contributed by atoms with Crippen LogP contribution in [0.15, 0.2) is 45.3 Å². The smallest absolute Gasteiger partial charge is 0.332 e. The minimum absolute atomic E-state index is 0.0175. The fourth-order valence-electron chi connectivity index (χ4n) is 2.95. The van der Waals surface area contributed by atoms with Crippen molar-refractivity contribution in [2.24, 2.45) is 0 Å². The number of methoxy groups -OCH3 is 1. The molecule has 0 saturated carbocycles. The maximum Gasteiger partial charge on any atom is 0.332 e. The Labute approximate surface area is 166 Å². The molecule has 1 aromatic carbocycles. The quantitative estimate of drug-likeness (QED) is 0.658. The lowest BCUT2D eigenvalue weighted by molar-refractivity contribution is -0.122. The van der Waals surface area contributed by atoms with E-state index in [1.54, 1.807) is 36.8 Å². The van der Waals surface area contributed by atoms with Crippen molar-refractivity contribution in [3.05, 3.63) is 62.1 Å². The van der Waals surface area contributed by atoms with Gasteiger partial charge in [0.05, 0.1) is 19.2 Å². The number of nitrogens with one attached hydrogen (secondary N) is 1. The third-order valence-corrected chi connectivity index (χ3v) is 5.52. The summed E-state index contributed by atoms with van der Waals surface area (Å²) in [6.45, 7) is 3.86. The lowest BCUT2D eigenvalue weighted by atomic mass is 10.2. The summed E-state index contributed by atoms with van der Waals surface area (Å²) in [6.07, 6.45) is 0.795. The Bertz CT molecular complexity index is 1110. The monoisotopic (exact) mass is 401 g/mol. The molecule has 0 fully saturated rings. The van der Waals surface area contributed by atoms with Gasteiger partial charge < -0.3 is 10.1 Å². The number of amides is 1. The highest BCUT2D eigenvalue weighted by molar-refractivity contribution is 7.17. The van der Waals surface area contributed by atoms with E-state index in [2.05, 4.69) is 5.32 Å². The van der Waals surface area contributed by atoms with Crippen molar-refractivity contribution in [2.45, 2.75) is 39.4 Å². The van der Waals surface area contributed by atoms with E-state index in [4.69, 9.17) is 4.74 Å². The Morgan fingerprint density at radius 1 is 1.25 bits per heavy atom. The normalized spacial score (nSPS) is 12.1. The van der Waals surface area contributed by atoms with Crippen LogP contribution in [-0.2, 0) is 17.9 Å². The zero-order valence-electron chi connectivity index (χ0n) is 16.1. The van der Waals surface area contributed by atoms with E-state index in [0.29, 0.717) is 16.0 Å². The van der Waals surface area contributed by atoms with Gasteiger partial charge in [0.2, 0.25) is 5.91 Å². The summed E-state index contributed by atoms with van der Waals surface area (Å²) in [5.74, 6) is 0.395. The second-order valence-electron chi connectivity index (χ2n) is 6.62. The SMILES string of the molecule is CCC(C)NC(=O)Cn1c(=O)n(Cc2cccc(OC)c2)c(=O)c2sccc21. The number of nitrogens with zero attached hydrogens (tertiary/aromatic N) is 2. The van der Waals surface area contributed by atoms with Gasteiger partial charge >= 0.3 is 5.69 Å². The van der Waals surface area contributed by atoms with Gasteiger partial charge in [0.1, 0.15) is 17.0 Å². The van der Waals surface area contributed by atoms with Crippen molar-refractivity contribution >= 4 is 27.5 Å². The first-order valence-corrected chi connectivity index (χ1v) is 9.95. The van der Waals surface area contributed by atoms with Crippen molar-refractivity contribution in [2.75, 3.05) is 7.11 Å². The molecule has 0 aliphatic heterocycles. The first kappa shape index (κ1) is 19.9. The molecule has 1 atom stereocenters. The third kappa shape index (κ3) is 4.01. The molecule has 2 heterocycles. The van der Waals surface area contributed by atoms with Crippen LogP contribution in [0.25, 0.3) is 10.2 Å². The summed E-state index contributed by atoms with van der Waals surface area (Å²) in [5.41, 5.74) is 0.403. The van der Waals surface area contributed by atoms with Crippen LogP contribution in [0.1, 0.15) is 25.8 Å². The Morgan fingerprint density at radius 2 is 2.04 bits per heavy atom. The molecule has 7 nitrogen and oxygen atoms in total. The maximum absolute atomic E-state index is 13.1. The number of carbonyl (C=O) groups is 1. The maximum atomic E-state index is 13.1. The molecule has 0 radical (unpaired) electrons. The highest BCUT2D eigenvalue weighted by atomic mass is 32.1. The first-order valence-electron chi connectivity index (χ1n) is 9.07. The second kappa shape index (κ2) is 8.43. The van der Waals surface area contributed by atoms with E-state index in [-0.39, 0.29) is 30.6 Å². The van der Waals surface area contributed by atoms with Crippen LogP contribution < -0.4 is 21.3 Å². The van der Waals surface area contributed by atoms with Crippen LogP contribution in [-0.4, -0.2) is 28.2 Å². The molecule has 0 bridgehead atoms. The molecule has 8 heteroatoms. The number of hydrogen-bond donors (Lipinski definition) is 1. The number of rotatable bonds is 7. The lowest BCUT2D eigenvalue weighted by Crippen LogP contribution is -2.43.